The Hall–Kier alpha value is -3.88. The van der Waals surface area contributed by atoms with Crippen LogP contribution >= 0.6 is 0 Å². The lowest BCUT2D eigenvalue weighted by molar-refractivity contribution is 0.0388. The summed E-state index contributed by atoms with van der Waals surface area (Å²) in [5, 5.41) is 1.72. The Morgan fingerprint density at radius 2 is 1.52 bits per heavy atom. The molecule has 4 aromatic rings. The summed E-state index contributed by atoms with van der Waals surface area (Å²) < 4.78 is 48.9. The molecule has 8 heteroatoms. The zero-order valence-electron chi connectivity index (χ0n) is 27.5. The molecule has 0 bridgehead atoms. The fourth-order valence-corrected chi connectivity index (χ4v) is 8.01. The summed E-state index contributed by atoms with van der Waals surface area (Å²) in [5.74, 6) is 0.899. The molecule has 0 saturated carbocycles. The van der Waals surface area contributed by atoms with E-state index in [9.17, 15) is 13.2 Å². The maximum absolute atomic E-state index is 14.4. The normalized spacial score (nSPS) is 16.6. The van der Waals surface area contributed by atoms with Crippen LogP contribution in [-0.4, -0.2) is 44.6 Å². The van der Waals surface area contributed by atoms with E-state index in [0.717, 1.165) is 64.5 Å². The van der Waals surface area contributed by atoms with Crippen molar-refractivity contribution in [2.24, 2.45) is 0 Å². The van der Waals surface area contributed by atoms with E-state index in [1.807, 2.05) is 63.2 Å². The highest BCUT2D eigenvalue weighted by atomic mass is 32.2. The number of hydrogen-bond donors (Lipinski definition) is 0. The van der Waals surface area contributed by atoms with E-state index in [1.165, 1.54) is 4.31 Å². The third-order valence-electron chi connectivity index (χ3n) is 8.80. The zero-order chi connectivity index (χ0) is 32.8. The molecule has 46 heavy (non-hydrogen) atoms. The molecule has 0 aliphatic carbocycles. The van der Waals surface area contributed by atoms with E-state index in [0.29, 0.717) is 30.9 Å². The molecule has 0 amide bonds. The lowest BCUT2D eigenvalue weighted by Gasteiger charge is -2.42. The number of carbonyl (C=O) groups is 1. The SMILES string of the molecule is CCCCOc1cc(OCCCC)c2c(c1C)C[C@@H](COC(=O)c1cccc3ccccc13)N(S(=O)(=O)c1ccc(C)cc1)[C@@H]2C. The molecule has 5 rings (SSSR count). The maximum Gasteiger partial charge on any atom is 0.338 e. The number of esters is 1. The highest BCUT2D eigenvalue weighted by Gasteiger charge is 2.43. The first-order valence-corrected chi connectivity index (χ1v) is 17.8. The van der Waals surface area contributed by atoms with Gasteiger partial charge in [-0.3, -0.25) is 0 Å². The topological polar surface area (TPSA) is 82.1 Å². The first-order chi connectivity index (χ1) is 22.2. The van der Waals surface area contributed by atoms with Crippen molar-refractivity contribution in [3.05, 3.63) is 101 Å². The molecule has 2 atom stereocenters. The van der Waals surface area contributed by atoms with Crippen LogP contribution in [0.3, 0.4) is 0 Å². The number of ether oxygens (including phenoxy) is 3. The zero-order valence-corrected chi connectivity index (χ0v) is 28.4. The average molecular weight is 644 g/mol. The average Bonchev–Trinajstić information content (AvgIpc) is 3.05. The minimum atomic E-state index is -3.99. The van der Waals surface area contributed by atoms with Gasteiger partial charge in [-0.25, -0.2) is 13.2 Å². The Labute approximate surface area is 273 Å². The van der Waals surface area contributed by atoms with Crippen molar-refractivity contribution in [2.75, 3.05) is 19.8 Å². The summed E-state index contributed by atoms with van der Waals surface area (Å²) in [6.07, 6.45) is 4.13. The van der Waals surface area contributed by atoms with Crippen molar-refractivity contribution in [3.63, 3.8) is 0 Å². The summed E-state index contributed by atoms with van der Waals surface area (Å²) in [4.78, 5) is 13.7. The Balaban J connectivity index is 1.57. The summed E-state index contributed by atoms with van der Waals surface area (Å²) in [7, 11) is -3.99. The van der Waals surface area contributed by atoms with Gasteiger partial charge in [-0.05, 0) is 80.1 Å². The number of sulfonamides is 1. The highest BCUT2D eigenvalue weighted by Crippen LogP contribution is 2.46. The van der Waals surface area contributed by atoms with Crippen molar-refractivity contribution in [3.8, 4) is 11.5 Å². The molecule has 0 N–H and O–H groups in total. The van der Waals surface area contributed by atoms with Gasteiger partial charge in [-0.15, -0.1) is 0 Å². The van der Waals surface area contributed by atoms with Gasteiger partial charge in [0.2, 0.25) is 10.0 Å². The second kappa shape index (κ2) is 14.7. The first kappa shape index (κ1) is 33.5. The predicted octanol–water partition coefficient (Wildman–Crippen LogP) is 8.35. The van der Waals surface area contributed by atoms with Crippen molar-refractivity contribution in [2.45, 2.75) is 83.7 Å². The van der Waals surface area contributed by atoms with Gasteiger partial charge in [0.25, 0.3) is 0 Å². The third kappa shape index (κ3) is 6.93. The number of nitrogens with zero attached hydrogens (tertiary/aromatic N) is 1. The van der Waals surface area contributed by atoms with Crippen LogP contribution in [0, 0.1) is 13.8 Å². The van der Waals surface area contributed by atoms with Crippen LogP contribution in [0.2, 0.25) is 0 Å². The smallest absolute Gasteiger partial charge is 0.338 e. The lowest BCUT2D eigenvalue weighted by Crippen LogP contribution is -2.49. The number of carbonyl (C=O) groups excluding carboxylic acids is 1. The largest absolute Gasteiger partial charge is 0.493 e. The van der Waals surface area contributed by atoms with Gasteiger partial charge in [0.15, 0.2) is 0 Å². The summed E-state index contributed by atoms with van der Waals surface area (Å²) in [6.45, 7) is 11.1. The molecule has 0 spiro atoms. The lowest BCUT2D eigenvalue weighted by atomic mass is 9.86. The van der Waals surface area contributed by atoms with E-state index in [1.54, 1.807) is 30.3 Å². The van der Waals surface area contributed by atoms with Crippen molar-refractivity contribution in [1.29, 1.82) is 0 Å². The number of aryl methyl sites for hydroxylation is 1. The number of fused-ring (bicyclic) bond motifs is 2. The van der Waals surface area contributed by atoms with Crippen LogP contribution < -0.4 is 9.47 Å². The van der Waals surface area contributed by atoms with E-state index >= 15 is 0 Å². The standard InChI is InChI=1S/C38H45NO6S/c1-6-8-21-43-35-24-36(44-22-9-7-2)37-28(5)39(46(41,42)31-19-17-26(3)18-20-31)30(23-34(37)27(35)4)25-45-38(40)33-16-12-14-29-13-10-11-15-32(29)33/h10-20,24,28,30H,6-9,21-23,25H2,1-5H3/t28-,30+/m1/s1. The van der Waals surface area contributed by atoms with Gasteiger partial charge in [0.1, 0.15) is 18.1 Å². The number of unbranched alkanes of at least 4 members (excludes halogenated alkanes) is 2. The first-order valence-electron chi connectivity index (χ1n) is 16.3. The van der Waals surface area contributed by atoms with Crippen LogP contribution in [0.4, 0.5) is 0 Å². The quantitative estimate of drug-likeness (QED) is 0.108. The van der Waals surface area contributed by atoms with Gasteiger partial charge in [0.05, 0.1) is 35.8 Å². The molecule has 244 valence electrons. The van der Waals surface area contributed by atoms with Gasteiger partial charge in [-0.1, -0.05) is 80.8 Å². The molecular weight excluding hydrogens is 598 g/mol. The van der Waals surface area contributed by atoms with Gasteiger partial charge in [-0.2, -0.15) is 4.31 Å². The third-order valence-corrected chi connectivity index (χ3v) is 10.8. The second-order valence-corrected chi connectivity index (χ2v) is 13.9. The molecule has 0 saturated heterocycles. The molecule has 0 aromatic heterocycles. The molecule has 1 aliphatic rings. The minimum absolute atomic E-state index is 0.108. The van der Waals surface area contributed by atoms with Gasteiger partial charge in [0, 0.05) is 11.6 Å². The fraction of sp³-hybridized carbons (Fsp3) is 0.395. The highest BCUT2D eigenvalue weighted by molar-refractivity contribution is 7.89. The summed E-state index contributed by atoms with van der Waals surface area (Å²) >= 11 is 0. The number of rotatable bonds is 13. The van der Waals surface area contributed by atoms with Crippen molar-refractivity contribution in [1.82, 2.24) is 4.31 Å². The molecule has 0 unspecified atom stereocenters. The fourth-order valence-electron chi connectivity index (χ4n) is 6.24. The van der Waals surface area contributed by atoms with Crippen molar-refractivity contribution < 1.29 is 27.4 Å². The molecule has 0 radical (unpaired) electrons. The van der Waals surface area contributed by atoms with Crippen LogP contribution in [0.15, 0.2) is 77.7 Å². The predicted molar refractivity (Wildman–Crippen MR) is 182 cm³/mol. The molecular formula is C38H45NO6S. The van der Waals surface area contributed by atoms with Gasteiger partial charge < -0.3 is 14.2 Å². The van der Waals surface area contributed by atoms with Crippen LogP contribution in [0.5, 0.6) is 11.5 Å². The van der Waals surface area contributed by atoms with E-state index in [2.05, 4.69) is 13.8 Å². The van der Waals surface area contributed by atoms with E-state index in [-0.39, 0.29) is 11.5 Å². The van der Waals surface area contributed by atoms with E-state index < -0.39 is 28.1 Å². The second-order valence-electron chi connectivity index (χ2n) is 12.1. The molecule has 4 aromatic carbocycles. The van der Waals surface area contributed by atoms with E-state index in [4.69, 9.17) is 14.2 Å². The van der Waals surface area contributed by atoms with Gasteiger partial charge >= 0.3 is 5.97 Å². The molecule has 1 heterocycles. The molecule has 1 aliphatic heterocycles. The molecule has 0 fully saturated rings. The maximum atomic E-state index is 14.4. The molecule has 7 nitrogen and oxygen atoms in total. The monoisotopic (exact) mass is 643 g/mol. The number of hydrogen-bond acceptors (Lipinski definition) is 6. The summed E-state index contributed by atoms with van der Waals surface area (Å²) in [6, 6.07) is 20.7. The number of benzene rings is 4. The summed E-state index contributed by atoms with van der Waals surface area (Å²) in [5.41, 5.74) is 4.19. The van der Waals surface area contributed by atoms with Crippen molar-refractivity contribution >= 4 is 26.8 Å². The Morgan fingerprint density at radius 3 is 2.22 bits per heavy atom. The Bertz CT molecular complexity index is 1780. The van der Waals surface area contributed by atoms with Crippen LogP contribution in [0.1, 0.15) is 85.1 Å². The van der Waals surface area contributed by atoms with Crippen LogP contribution in [-0.2, 0) is 21.2 Å². The van der Waals surface area contributed by atoms with Crippen LogP contribution in [0.25, 0.3) is 10.8 Å². The minimum Gasteiger partial charge on any atom is -0.493 e. The Kier molecular flexibility index (Phi) is 10.7. The Morgan fingerprint density at radius 1 is 0.870 bits per heavy atom.